The predicted molar refractivity (Wildman–Crippen MR) is 109 cm³/mol. The van der Waals surface area contributed by atoms with Crippen LogP contribution in [0.5, 0.6) is 0 Å². The van der Waals surface area contributed by atoms with Crippen molar-refractivity contribution in [1.29, 1.82) is 0 Å². The van der Waals surface area contributed by atoms with Crippen molar-refractivity contribution >= 4 is 17.7 Å². The fourth-order valence-electron chi connectivity index (χ4n) is 4.90. The molecule has 0 aromatic heterocycles. The van der Waals surface area contributed by atoms with Gasteiger partial charge in [-0.05, 0) is 79.3 Å². The Bertz CT molecular complexity index is 1060. The second kappa shape index (κ2) is 6.55. The van der Waals surface area contributed by atoms with Gasteiger partial charge in [0, 0.05) is 5.56 Å². The van der Waals surface area contributed by atoms with Crippen molar-refractivity contribution in [3.8, 4) is 0 Å². The minimum atomic E-state index is -1.13. The maximum Gasteiger partial charge on any atom is 0.325 e. The van der Waals surface area contributed by atoms with Gasteiger partial charge in [-0.2, -0.15) is 0 Å². The largest absolute Gasteiger partial charge is 0.325 e. The molecule has 3 amide bonds. The Morgan fingerprint density at radius 3 is 2.28 bits per heavy atom. The van der Waals surface area contributed by atoms with Gasteiger partial charge >= 0.3 is 6.03 Å². The molecule has 5 heteroatoms. The molecule has 2 aromatic rings. The molecule has 3 aliphatic rings. The first-order valence-electron chi connectivity index (χ1n) is 10.4. The van der Waals surface area contributed by atoms with Gasteiger partial charge in [-0.15, -0.1) is 0 Å². The monoisotopic (exact) mass is 388 g/mol. The third-order valence-corrected chi connectivity index (χ3v) is 6.67. The van der Waals surface area contributed by atoms with Crippen LogP contribution in [0.25, 0.3) is 0 Å². The molecule has 0 unspecified atom stereocenters. The molecule has 0 spiro atoms. The van der Waals surface area contributed by atoms with Gasteiger partial charge in [0.05, 0.1) is 6.54 Å². The highest BCUT2D eigenvalue weighted by Gasteiger charge is 2.49. The topological polar surface area (TPSA) is 66.5 Å². The number of benzene rings is 2. The first-order chi connectivity index (χ1) is 14.0. The zero-order chi connectivity index (χ0) is 20.2. The van der Waals surface area contributed by atoms with E-state index < -0.39 is 11.6 Å². The van der Waals surface area contributed by atoms with E-state index in [1.165, 1.54) is 22.3 Å². The van der Waals surface area contributed by atoms with Crippen molar-refractivity contribution < 1.29 is 14.4 Å². The summed E-state index contributed by atoms with van der Waals surface area (Å²) in [5.74, 6) is -0.573. The maximum absolute atomic E-state index is 13.2. The van der Waals surface area contributed by atoms with E-state index >= 15 is 0 Å². The number of hydrogen-bond donors (Lipinski definition) is 1. The minimum absolute atomic E-state index is 0.207. The molecule has 0 radical (unpaired) electrons. The molecule has 1 atom stereocenters. The molecule has 1 saturated heterocycles. The normalized spacial score (nSPS) is 22.6. The first-order valence-corrected chi connectivity index (χ1v) is 10.4. The summed E-state index contributed by atoms with van der Waals surface area (Å²) in [6.45, 7) is 1.49. The summed E-state index contributed by atoms with van der Waals surface area (Å²) >= 11 is 0. The van der Waals surface area contributed by atoms with Crippen LogP contribution in [0.2, 0.25) is 0 Å². The fourth-order valence-corrected chi connectivity index (χ4v) is 4.90. The highest BCUT2D eigenvalue weighted by Crippen LogP contribution is 2.33. The number of hydrogen-bond acceptors (Lipinski definition) is 3. The Kier molecular flexibility index (Phi) is 4.09. The number of Topliss-reactive ketones (excluding diaryl/α,β-unsaturated/α-hetero) is 1. The van der Waals surface area contributed by atoms with E-state index in [2.05, 4.69) is 11.4 Å². The molecule has 1 N–H and O–H groups in total. The summed E-state index contributed by atoms with van der Waals surface area (Å²) in [4.78, 5) is 39.7. The molecule has 0 saturated carbocycles. The van der Waals surface area contributed by atoms with Gasteiger partial charge < -0.3 is 5.32 Å². The molecular weight excluding hydrogens is 364 g/mol. The SMILES string of the molecule is C[C@]1(c2ccc3c(c2)CCC3)NC(=O)N(CC(=O)c2ccc3c(c2)CCC3)C1=O. The van der Waals surface area contributed by atoms with E-state index in [1.807, 2.05) is 30.3 Å². The number of amides is 3. The summed E-state index contributed by atoms with van der Waals surface area (Å²) in [6, 6.07) is 11.2. The van der Waals surface area contributed by atoms with Gasteiger partial charge in [0.25, 0.3) is 5.91 Å². The standard InChI is InChI=1S/C24H24N2O3/c1-24(20-11-10-16-5-3-7-18(16)13-20)22(28)26(23(29)25-24)14-21(27)19-9-8-15-4-2-6-17(15)12-19/h8-13H,2-7,14H2,1H3,(H,25,29)/t24-/m1/s1. The van der Waals surface area contributed by atoms with Crippen LogP contribution in [0, 0.1) is 0 Å². The number of fused-ring (bicyclic) bond motifs is 2. The van der Waals surface area contributed by atoms with Crippen molar-refractivity contribution in [1.82, 2.24) is 10.2 Å². The molecule has 5 nitrogen and oxygen atoms in total. The molecule has 1 fully saturated rings. The average Bonchev–Trinajstić information content (AvgIpc) is 3.42. The van der Waals surface area contributed by atoms with E-state index in [4.69, 9.17) is 0 Å². The number of ketones is 1. The van der Waals surface area contributed by atoms with Crippen LogP contribution in [0.3, 0.4) is 0 Å². The number of urea groups is 1. The lowest BCUT2D eigenvalue weighted by Crippen LogP contribution is -2.41. The fraction of sp³-hybridized carbons (Fsp3) is 0.375. The first kappa shape index (κ1) is 18.1. The molecule has 148 valence electrons. The average molecular weight is 388 g/mol. The minimum Gasteiger partial charge on any atom is -0.319 e. The smallest absolute Gasteiger partial charge is 0.319 e. The van der Waals surface area contributed by atoms with Gasteiger partial charge in [-0.25, -0.2) is 4.79 Å². The Balaban J connectivity index is 1.38. The number of rotatable bonds is 4. The van der Waals surface area contributed by atoms with E-state index in [9.17, 15) is 14.4 Å². The molecule has 0 bridgehead atoms. The number of aryl methyl sites for hydroxylation is 4. The van der Waals surface area contributed by atoms with Crippen molar-refractivity contribution in [2.24, 2.45) is 0 Å². The third-order valence-electron chi connectivity index (χ3n) is 6.67. The second-order valence-corrected chi connectivity index (χ2v) is 8.54. The zero-order valence-corrected chi connectivity index (χ0v) is 16.6. The Labute approximate surface area is 170 Å². The van der Waals surface area contributed by atoms with Gasteiger partial charge in [-0.3, -0.25) is 14.5 Å². The summed E-state index contributed by atoms with van der Waals surface area (Å²) in [5.41, 5.74) is 5.28. The summed E-state index contributed by atoms with van der Waals surface area (Å²) in [6.07, 6.45) is 6.33. The Hall–Kier alpha value is -2.95. The van der Waals surface area contributed by atoms with Gasteiger partial charge in [-0.1, -0.05) is 30.3 Å². The Morgan fingerprint density at radius 2 is 1.55 bits per heavy atom. The van der Waals surface area contributed by atoms with E-state index in [0.717, 1.165) is 49.0 Å². The quantitative estimate of drug-likeness (QED) is 0.645. The predicted octanol–water partition coefficient (Wildman–Crippen LogP) is 3.31. The van der Waals surface area contributed by atoms with Crippen molar-refractivity contribution in [2.75, 3.05) is 6.54 Å². The zero-order valence-electron chi connectivity index (χ0n) is 16.6. The highest BCUT2D eigenvalue weighted by molar-refractivity contribution is 6.11. The number of carbonyl (C=O) groups excluding carboxylic acids is 3. The molecule has 2 aliphatic carbocycles. The van der Waals surface area contributed by atoms with Crippen LogP contribution >= 0.6 is 0 Å². The molecule has 1 aliphatic heterocycles. The van der Waals surface area contributed by atoms with Gasteiger partial charge in [0.15, 0.2) is 5.78 Å². The lowest BCUT2D eigenvalue weighted by atomic mass is 9.89. The summed E-state index contributed by atoms with van der Waals surface area (Å²) in [7, 11) is 0. The van der Waals surface area contributed by atoms with Crippen LogP contribution in [-0.4, -0.2) is 29.2 Å². The van der Waals surface area contributed by atoms with Crippen LogP contribution in [0.1, 0.15) is 57.9 Å². The lowest BCUT2D eigenvalue weighted by molar-refractivity contribution is -0.130. The molecular formula is C24H24N2O3. The highest BCUT2D eigenvalue weighted by atomic mass is 16.2. The molecule has 29 heavy (non-hydrogen) atoms. The molecule has 2 aromatic carbocycles. The van der Waals surface area contributed by atoms with E-state index in [-0.39, 0.29) is 18.2 Å². The summed E-state index contributed by atoms with van der Waals surface area (Å²) < 4.78 is 0. The number of carbonyl (C=O) groups is 3. The van der Waals surface area contributed by atoms with E-state index in [1.54, 1.807) is 6.92 Å². The van der Waals surface area contributed by atoms with Gasteiger partial charge in [0.1, 0.15) is 5.54 Å². The lowest BCUT2D eigenvalue weighted by Gasteiger charge is -2.23. The van der Waals surface area contributed by atoms with Gasteiger partial charge in [0.2, 0.25) is 0 Å². The second-order valence-electron chi connectivity index (χ2n) is 8.54. The number of nitrogens with one attached hydrogen (secondary N) is 1. The van der Waals surface area contributed by atoms with Crippen LogP contribution in [0.4, 0.5) is 4.79 Å². The van der Waals surface area contributed by atoms with Crippen LogP contribution in [-0.2, 0) is 36.0 Å². The van der Waals surface area contributed by atoms with E-state index in [0.29, 0.717) is 5.56 Å². The van der Waals surface area contributed by atoms with Crippen molar-refractivity contribution in [2.45, 2.75) is 51.0 Å². The third kappa shape index (κ3) is 2.87. The van der Waals surface area contributed by atoms with Crippen molar-refractivity contribution in [3.05, 3.63) is 69.8 Å². The van der Waals surface area contributed by atoms with Crippen LogP contribution in [0.15, 0.2) is 36.4 Å². The maximum atomic E-state index is 13.2. The molecule has 1 heterocycles. The summed E-state index contributed by atoms with van der Waals surface area (Å²) in [5, 5.41) is 2.82. The number of nitrogens with zero attached hydrogens (tertiary/aromatic N) is 1. The van der Waals surface area contributed by atoms with Crippen LogP contribution < -0.4 is 5.32 Å². The molecule has 5 rings (SSSR count). The Morgan fingerprint density at radius 1 is 0.931 bits per heavy atom. The number of imide groups is 1. The van der Waals surface area contributed by atoms with Crippen molar-refractivity contribution in [3.63, 3.8) is 0 Å².